The van der Waals surface area contributed by atoms with E-state index in [9.17, 15) is 21.6 Å². The molecule has 10 nitrogen and oxygen atoms in total. The minimum absolute atomic E-state index is 0.000699. The van der Waals surface area contributed by atoms with Crippen molar-refractivity contribution in [1.29, 1.82) is 0 Å². The first kappa shape index (κ1) is 22.4. The van der Waals surface area contributed by atoms with Crippen LogP contribution < -0.4 is 9.88 Å². The molecule has 0 fully saturated rings. The molecule has 2 aromatic carbocycles. The Hall–Kier alpha value is -3.78. The maximum absolute atomic E-state index is 12.3. The van der Waals surface area contributed by atoms with Crippen LogP contribution in [0.5, 0.6) is 5.75 Å². The lowest BCUT2D eigenvalue weighted by Crippen LogP contribution is -2.16. The summed E-state index contributed by atoms with van der Waals surface area (Å²) in [5.41, 5.74) is 1.03. The average molecular weight is 480 g/mol. The largest absolute Gasteiger partial charge is 0.573 e. The van der Waals surface area contributed by atoms with E-state index in [2.05, 4.69) is 25.0 Å². The normalized spacial score (nSPS) is 12.2. The van der Waals surface area contributed by atoms with E-state index in [1.54, 1.807) is 19.1 Å². The van der Waals surface area contributed by atoms with Gasteiger partial charge in [-0.3, -0.25) is 0 Å². The molecule has 2 heterocycles. The zero-order valence-corrected chi connectivity index (χ0v) is 17.6. The molecular weight excluding hydrogens is 465 g/mol. The Morgan fingerprint density at radius 1 is 1.09 bits per heavy atom. The molecule has 0 saturated carbocycles. The van der Waals surface area contributed by atoms with Gasteiger partial charge in [0.25, 0.3) is 5.89 Å². The van der Waals surface area contributed by atoms with Crippen molar-refractivity contribution in [2.45, 2.75) is 24.7 Å². The minimum atomic E-state index is -4.79. The van der Waals surface area contributed by atoms with Crippen molar-refractivity contribution in [3.63, 3.8) is 0 Å². The molecule has 2 aromatic heterocycles. The first-order chi connectivity index (χ1) is 15.5. The average Bonchev–Trinajstić information content (AvgIpc) is 3.34. The fraction of sp³-hybridized carbons (Fsp3) is 0.158. The molecule has 0 amide bonds. The van der Waals surface area contributed by atoms with E-state index in [4.69, 9.17) is 9.66 Å². The van der Waals surface area contributed by atoms with Crippen LogP contribution in [0.3, 0.4) is 0 Å². The van der Waals surface area contributed by atoms with Gasteiger partial charge in [-0.2, -0.15) is 4.98 Å². The summed E-state index contributed by atoms with van der Waals surface area (Å²) in [6, 6.07) is 11.1. The highest BCUT2D eigenvalue weighted by atomic mass is 32.2. The summed E-state index contributed by atoms with van der Waals surface area (Å²) < 4.78 is 70.5. The fourth-order valence-electron chi connectivity index (χ4n) is 2.89. The molecule has 0 aliphatic rings. The number of alkyl halides is 3. The van der Waals surface area contributed by atoms with Crippen molar-refractivity contribution in [3.05, 3.63) is 59.9 Å². The van der Waals surface area contributed by atoms with Crippen LogP contribution in [-0.4, -0.2) is 39.7 Å². The summed E-state index contributed by atoms with van der Waals surface area (Å²) in [6.07, 6.45) is -4.79. The number of rotatable bonds is 6. The van der Waals surface area contributed by atoms with Gasteiger partial charge in [0.2, 0.25) is 21.7 Å². The number of nitrogens with two attached hydrogens (primary N) is 1. The van der Waals surface area contributed by atoms with Gasteiger partial charge in [-0.05, 0) is 48.9 Å². The van der Waals surface area contributed by atoms with E-state index in [-0.39, 0.29) is 34.7 Å². The highest BCUT2D eigenvalue weighted by Gasteiger charge is 2.31. The van der Waals surface area contributed by atoms with Gasteiger partial charge in [0.15, 0.2) is 0 Å². The quantitative estimate of drug-likeness (QED) is 0.444. The smallest absolute Gasteiger partial charge is 0.406 e. The lowest BCUT2D eigenvalue weighted by Gasteiger charge is -2.08. The second-order valence-corrected chi connectivity index (χ2v) is 8.39. The number of aryl methyl sites for hydroxylation is 1. The van der Waals surface area contributed by atoms with Crippen LogP contribution in [0.25, 0.3) is 23.1 Å². The van der Waals surface area contributed by atoms with Crippen LogP contribution in [0, 0.1) is 6.92 Å². The third-order valence-corrected chi connectivity index (χ3v) is 5.29. The highest BCUT2D eigenvalue weighted by molar-refractivity contribution is 7.89. The molecule has 0 radical (unpaired) electrons. The van der Waals surface area contributed by atoms with Crippen LogP contribution in [-0.2, 0) is 16.6 Å². The molecule has 33 heavy (non-hydrogen) atoms. The summed E-state index contributed by atoms with van der Waals surface area (Å²) in [5, 5.41) is 13.3. The van der Waals surface area contributed by atoms with Crippen LogP contribution >= 0.6 is 0 Å². The molecule has 0 spiro atoms. The van der Waals surface area contributed by atoms with Gasteiger partial charge in [-0.25, -0.2) is 23.2 Å². The lowest BCUT2D eigenvalue weighted by atomic mass is 10.2. The molecule has 0 unspecified atom stereocenters. The Morgan fingerprint density at radius 2 is 1.82 bits per heavy atom. The Bertz CT molecular complexity index is 1400. The zero-order chi connectivity index (χ0) is 23.8. The summed E-state index contributed by atoms with van der Waals surface area (Å²) in [6.45, 7) is 1.90. The minimum Gasteiger partial charge on any atom is -0.406 e. The zero-order valence-electron chi connectivity index (χ0n) is 16.8. The molecule has 172 valence electrons. The Balaban J connectivity index is 1.53. The van der Waals surface area contributed by atoms with Gasteiger partial charge in [0, 0.05) is 5.56 Å². The molecular formula is C19H15F3N6O4S. The van der Waals surface area contributed by atoms with Crippen molar-refractivity contribution in [2.75, 3.05) is 0 Å². The number of aromatic nitrogens is 5. The summed E-state index contributed by atoms with van der Waals surface area (Å²) >= 11 is 0. The van der Waals surface area contributed by atoms with E-state index < -0.39 is 16.4 Å². The second-order valence-electron chi connectivity index (χ2n) is 6.83. The maximum atomic E-state index is 12.3. The third kappa shape index (κ3) is 5.35. The van der Waals surface area contributed by atoms with Crippen molar-refractivity contribution < 1.29 is 30.8 Å². The van der Waals surface area contributed by atoms with Gasteiger partial charge in [-0.15, -0.1) is 18.3 Å². The van der Waals surface area contributed by atoms with Gasteiger partial charge < -0.3 is 9.26 Å². The van der Waals surface area contributed by atoms with E-state index >= 15 is 0 Å². The number of hydrogen-bond acceptors (Lipinski definition) is 8. The highest BCUT2D eigenvalue weighted by Crippen LogP contribution is 2.26. The van der Waals surface area contributed by atoms with Gasteiger partial charge in [0.05, 0.1) is 11.4 Å². The van der Waals surface area contributed by atoms with E-state index in [1.165, 1.54) is 28.9 Å². The van der Waals surface area contributed by atoms with Crippen molar-refractivity contribution in [2.24, 2.45) is 5.14 Å². The molecule has 0 bridgehead atoms. The molecule has 0 aliphatic heterocycles. The molecule has 0 saturated heterocycles. The SMILES string of the molecule is Cc1nc(-c2nc(-c3ccc(OC(F)(F)F)cc3)no2)nn1Cc1cccc(S(N)(=O)=O)c1. The Kier molecular flexibility index (Phi) is 5.63. The van der Waals surface area contributed by atoms with Crippen molar-refractivity contribution >= 4 is 10.0 Å². The number of halogens is 3. The number of nitrogens with zero attached hydrogens (tertiary/aromatic N) is 5. The first-order valence-corrected chi connectivity index (χ1v) is 10.8. The maximum Gasteiger partial charge on any atom is 0.573 e. The van der Waals surface area contributed by atoms with Crippen LogP contribution in [0.1, 0.15) is 11.4 Å². The lowest BCUT2D eigenvalue weighted by molar-refractivity contribution is -0.274. The predicted molar refractivity (Wildman–Crippen MR) is 107 cm³/mol. The van der Waals surface area contributed by atoms with Crippen molar-refractivity contribution in [1.82, 2.24) is 24.9 Å². The summed E-state index contributed by atoms with van der Waals surface area (Å²) in [5.74, 6) is 0.377. The fourth-order valence-corrected chi connectivity index (χ4v) is 3.48. The van der Waals surface area contributed by atoms with E-state index in [1.807, 2.05) is 0 Å². The molecule has 14 heteroatoms. The standard InChI is InChI=1S/C19H15F3N6O4S/c1-11-24-17(26-28(11)10-12-3-2-4-15(9-12)33(23,29)30)18-25-16(27-32-18)13-5-7-14(8-6-13)31-19(20,21)22/h2-9H,10H2,1H3,(H2,23,29,30). The first-order valence-electron chi connectivity index (χ1n) is 9.21. The predicted octanol–water partition coefficient (Wildman–Crippen LogP) is 2.90. The molecule has 4 rings (SSSR count). The molecule has 4 aromatic rings. The van der Waals surface area contributed by atoms with Crippen LogP contribution in [0.2, 0.25) is 0 Å². The second kappa shape index (κ2) is 8.29. The van der Waals surface area contributed by atoms with E-state index in [0.717, 1.165) is 12.1 Å². The van der Waals surface area contributed by atoms with E-state index in [0.29, 0.717) is 17.0 Å². The monoisotopic (exact) mass is 480 g/mol. The Morgan fingerprint density at radius 3 is 2.48 bits per heavy atom. The topological polar surface area (TPSA) is 139 Å². The third-order valence-electron chi connectivity index (χ3n) is 4.38. The van der Waals surface area contributed by atoms with Gasteiger partial charge >= 0.3 is 6.36 Å². The molecule has 2 N–H and O–H groups in total. The molecule has 0 atom stereocenters. The van der Waals surface area contributed by atoms with Gasteiger partial charge in [-0.1, -0.05) is 17.3 Å². The van der Waals surface area contributed by atoms with Crippen molar-refractivity contribution in [3.8, 4) is 28.9 Å². The molecule has 0 aliphatic carbocycles. The summed E-state index contributed by atoms with van der Waals surface area (Å²) in [7, 11) is -3.84. The Labute approximate surface area is 184 Å². The number of ether oxygens (including phenoxy) is 1. The van der Waals surface area contributed by atoms with Crippen LogP contribution in [0.15, 0.2) is 57.9 Å². The van der Waals surface area contributed by atoms with Gasteiger partial charge in [0.1, 0.15) is 11.6 Å². The van der Waals surface area contributed by atoms with Crippen LogP contribution in [0.4, 0.5) is 13.2 Å². The number of hydrogen-bond donors (Lipinski definition) is 1. The summed E-state index contributed by atoms with van der Waals surface area (Å²) in [4.78, 5) is 8.44. The number of benzene rings is 2. The number of primary sulfonamides is 1. The number of sulfonamides is 1.